The molecule has 4 saturated carbocycles. The van der Waals surface area contributed by atoms with Crippen LogP contribution in [0.5, 0.6) is 0 Å². The van der Waals surface area contributed by atoms with E-state index in [-0.39, 0.29) is 23.5 Å². The van der Waals surface area contributed by atoms with Crippen LogP contribution >= 0.6 is 0 Å². The zero-order valence-corrected chi connectivity index (χ0v) is 16.4. The fraction of sp³-hybridized carbons (Fsp3) is 0.591. The van der Waals surface area contributed by atoms with Crippen LogP contribution < -0.4 is 10.6 Å². The van der Waals surface area contributed by atoms with E-state index in [0.29, 0.717) is 6.54 Å². The van der Waals surface area contributed by atoms with Crippen molar-refractivity contribution in [1.29, 1.82) is 0 Å². The molecule has 0 spiro atoms. The molecule has 4 fully saturated rings. The van der Waals surface area contributed by atoms with Crippen LogP contribution in [-0.4, -0.2) is 37.5 Å². The van der Waals surface area contributed by atoms with Gasteiger partial charge < -0.3 is 15.4 Å². The highest BCUT2D eigenvalue weighted by molar-refractivity contribution is 5.96. The number of nitrogens with one attached hydrogen (secondary N) is 2. The summed E-state index contributed by atoms with van der Waals surface area (Å²) in [5.74, 6) is 0.0139. The predicted molar refractivity (Wildman–Crippen MR) is 103 cm³/mol. The third-order valence-electron chi connectivity index (χ3n) is 6.70. The molecule has 4 aliphatic carbocycles. The molecule has 4 aliphatic rings. The van der Waals surface area contributed by atoms with E-state index in [0.717, 1.165) is 17.8 Å². The standard InChI is InChI=1S/C22H27FN2O4/c23-18-4-2-1-3-17(18)21(28)24-11-20(27)29-12-19(26)25-13-22-8-14-5-15(9-22)7-16(6-14)10-22/h1-4,14-16H,5-13H2,(H,24,28)(H,25,26). The first-order valence-corrected chi connectivity index (χ1v) is 10.4. The summed E-state index contributed by atoms with van der Waals surface area (Å²) in [6.07, 6.45) is 7.64. The molecule has 5 rings (SSSR count). The molecular formula is C22H27FN2O4. The number of ether oxygens (including phenoxy) is 1. The Hall–Kier alpha value is -2.44. The quantitative estimate of drug-likeness (QED) is 0.686. The van der Waals surface area contributed by atoms with Crippen molar-refractivity contribution in [3.63, 3.8) is 0 Å². The molecule has 4 bridgehead atoms. The van der Waals surface area contributed by atoms with E-state index < -0.39 is 24.2 Å². The molecule has 0 atom stereocenters. The molecule has 0 saturated heterocycles. The van der Waals surface area contributed by atoms with Gasteiger partial charge in [0.2, 0.25) is 0 Å². The van der Waals surface area contributed by atoms with Crippen LogP contribution in [0.15, 0.2) is 24.3 Å². The van der Waals surface area contributed by atoms with Crippen LogP contribution in [0.3, 0.4) is 0 Å². The molecule has 1 aromatic carbocycles. The minimum atomic E-state index is -0.736. The van der Waals surface area contributed by atoms with Gasteiger partial charge in [-0.25, -0.2) is 4.39 Å². The summed E-state index contributed by atoms with van der Waals surface area (Å²) in [7, 11) is 0. The lowest BCUT2D eigenvalue weighted by Gasteiger charge is -2.56. The van der Waals surface area contributed by atoms with E-state index >= 15 is 0 Å². The number of esters is 1. The van der Waals surface area contributed by atoms with Gasteiger partial charge in [-0.05, 0) is 73.8 Å². The first-order chi connectivity index (χ1) is 13.9. The highest BCUT2D eigenvalue weighted by Crippen LogP contribution is 2.59. The number of carbonyl (C=O) groups is 3. The average Bonchev–Trinajstić information content (AvgIpc) is 2.68. The normalized spacial score (nSPS) is 29.3. The van der Waals surface area contributed by atoms with Crippen molar-refractivity contribution < 1.29 is 23.5 Å². The van der Waals surface area contributed by atoms with Crippen LogP contribution in [0, 0.1) is 29.0 Å². The number of carbonyl (C=O) groups excluding carboxylic acids is 3. The van der Waals surface area contributed by atoms with Gasteiger partial charge in [0.05, 0.1) is 5.56 Å². The summed E-state index contributed by atoms with van der Waals surface area (Å²) in [6, 6.07) is 5.50. The average molecular weight is 402 g/mol. The molecule has 0 unspecified atom stereocenters. The first-order valence-electron chi connectivity index (χ1n) is 10.4. The topological polar surface area (TPSA) is 84.5 Å². The largest absolute Gasteiger partial charge is 0.454 e. The summed E-state index contributed by atoms with van der Waals surface area (Å²) >= 11 is 0. The number of hydrogen-bond acceptors (Lipinski definition) is 4. The Bertz CT molecular complexity index is 774. The van der Waals surface area contributed by atoms with Crippen LogP contribution in [0.25, 0.3) is 0 Å². The number of benzene rings is 1. The molecule has 2 amide bonds. The summed E-state index contributed by atoms with van der Waals surface area (Å²) in [5, 5.41) is 5.24. The van der Waals surface area contributed by atoms with E-state index in [2.05, 4.69) is 10.6 Å². The highest BCUT2D eigenvalue weighted by Gasteiger charge is 2.50. The second-order valence-electron chi connectivity index (χ2n) is 9.02. The fourth-order valence-electron chi connectivity index (χ4n) is 5.93. The molecular weight excluding hydrogens is 375 g/mol. The molecule has 29 heavy (non-hydrogen) atoms. The van der Waals surface area contributed by atoms with Crippen molar-refractivity contribution in [2.24, 2.45) is 23.2 Å². The molecule has 0 heterocycles. The highest BCUT2D eigenvalue weighted by atomic mass is 19.1. The summed E-state index contributed by atoms with van der Waals surface area (Å²) < 4.78 is 18.5. The minimum absolute atomic E-state index is 0.145. The van der Waals surface area contributed by atoms with Crippen LogP contribution in [0.4, 0.5) is 4.39 Å². The van der Waals surface area contributed by atoms with Crippen molar-refractivity contribution in [3.05, 3.63) is 35.6 Å². The number of hydrogen-bond donors (Lipinski definition) is 2. The van der Waals surface area contributed by atoms with Gasteiger partial charge in [0.15, 0.2) is 6.61 Å². The van der Waals surface area contributed by atoms with Gasteiger partial charge in [0.1, 0.15) is 12.4 Å². The van der Waals surface area contributed by atoms with Crippen molar-refractivity contribution in [2.45, 2.75) is 38.5 Å². The van der Waals surface area contributed by atoms with Gasteiger partial charge in [-0.1, -0.05) is 12.1 Å². The van der Waals surface area contributed by atoms with E-state index in [1.165, 1.54) is 62.8 Å². The first kappa shape index (κ1) is 19.9. The number of rotatable bonds is 7. The Kier molecular flexibility index (Phi) is 5.56. The molecule has 6 nitrogen and oxygen atoms in total. The van der Waals surface area contributed by atoms with Gasteiger partial charge in [-0.3, -0.25) is 14.4 Å². The Morgan fingerprint density at radius 3 is 2.24 bits per heavy atom. The Balaban J connectivity index is 1.17. The molecule has 7 heteroatoms. The maximum atomic E-state index is 13.5. The summed E-state index contributed by atoms with van der Waals surface area (Å²) in [5.41, 5.74) is 0.0796. The van der Waals surface area contributed by atoms with Gasteiger partial charge in [-0.15, -0.1) is 0 Å². The van der Waals surface area contributed by atoms with Crippen molar-refractivity contribution in [2.75, 3.05) is 19.7 Å². The second-order valence-corrected chi connectivity index (χ2v) is 9.02. The Labute approximate surface area is 169 Å². The minimum Gasteiger partial charge on any atom is -0.454 e. The molecule has 0 aliphatic heterocycles. The van der Waals surface area contributed by atoms with Crippen molar-refractivity contribution >= 4 is 17.8 Å². The zero-order valence-electron chi connectivity index (χ0n) is 16.4. The van der Waals surface area contributed by atoms with Crippen molar-refractivity contribution in [3.8, 4) is 0 Å². The smallest absolute Gasteiger partial charge is 0.325 e. The van der Waals surface area contributed by atoms with E-state index in [1.54, 1.807) is 0 Å². The Morgan fingerprint density at radius 2 is 1.62 bits per heavy atom. The fourth-order valence-corrected chi connectivity index (χ4v) is 5.93. The van der Waals surface area contributed by atoms with Gasteiger partial charge in [0, 0.05) is 6.54 Å². The van der Waals surface area contributed by atoms with E-state index in [4.69, 9.17) is 4.74 Å². The monoisotopic (exact) mass is 402 g/mol. The number of amides is 2. The van der Waals surface area contributed by atoms with Gasteiger partial charge in [-0.2, -0.15) is 0 Å². The molecule has 156 valence electrons. The van der Waals surface area contributed by atoms with E-state index in [9.17, 15) is 18.8 Å². The SMILES string of the molecule is O=C(COC(=O)CNC(=O)c1ccccc1F)NCC12CC3CC(CC(C3)C1)C2. The third-order valence-corrected chi connectivity index (χ3v) is 6.70. The lowest BCUT2D eigenvalue weighted by molar-refractivity contribution is -0.147. The maximum absolute atomic E-state index is 13.5. The van der Waals surface area contributed by atoms with Crippen LogP contribution in [-0.2, 0) is 14.3 Å². The predicted octanol–water partition coefficient (Wildman–Crippen LogP) is 2.43. The summed E-state index contributed by atoms with van der Waals surface area (Å²) in [6.45, 7) is -0.146. The van der Waals surface area contributed by atoms with Gasteiger partial charge in [0.25, 0.3) is 11.8 Å². The lowest BCUT2D eigenvalue weighted by Crippen LogP contribution is -2.51. The maximum Gasteiger partial charge on any atom is 0.325 e. The number of halogens is 1. The molecule has 2 N–H and O–H groups in total. The molecule has 1 aromatic rings. The van der Waals surface area contributed by atoms with E-state index in [1.807, 2.05) is 0 Å². The van der Waals surface area contributed by atoms with Crippen molar-refractivity contribution in [1.82, 2.24) is 10.6 Å². The Morgan fingerprint density at radius 1 is 1.00 bits per heavy atom. The second kappa shape index (κ2) is 8.13. The summed E-state index contributed by atoms with van der Waals surface area (Å²) in [4.78, 5) is 35.8. The third kappa shape index (κ3) is 4.60. The molecule has 0 radical (unpaired) electrons. The van der Waals surface area contributed by atoms with Gasteiger partial charge >= 0.3 is 5.97 Å². The molecule has 0 aromatic heterocycles. The van der Waals surface area contributed by atoms with Crippen LogP contribution in [0.2, 0.25) is 0 Å². The van der Waals surface area contributed by atoms with Crippen LogP contribution in [0.1, 0.15) is 48.9 Å². The lowest BCUT2D eigenvalue weighted by atomic mass is 9.49. The zero-order chi connectivity index (χ0) is 20.4.